The van der Waals surface area contributed by atoms with E-state index in [0.29, 0.717) is 5.15 Å². The molecule has 1 aromatic heterocycles. The maximum atomic E-state index is 6.10. The minimum absolute atomic E-state index is 0.592. The molecule has 0 radical (unpaired) electrons. The Hall–Kier alpha value is -0.760. The molecule has 2 nitrogen and oxygen atoms in total. The number of nitrogens with zero attached hydrogens (tertiary/aromatic N) is 1. The third-order valence-electron chi connectivity index (χ3n) is 3.82. The van der Waals surface area contributed by atoms with E-state index in [4.69, 9.17) is 11.6 Å². The van der Waals surface area contributed by atoms with Crippen molar-refractivity contribution in [3.05, 3.63) is 23.0 Å². The Morgan fingerprint density at radius 2 is 2.06 bits per heavy atom. The Labute approximate surface area is 109 Å². The number of halogens is 1. The van der Waals surface area contributed by atoms with Crippen LogP contribution in [-0.4, -0.2) is 11.5 Å². The summed E-state index contributed by atoms with van der Waals surface area (Å²) in [4.78, 5) is 4.12. The van der Waals surface area contributed by atoms with Crippen molar-refractivity contribution in [1.82, 2.24) is 4.98 Å². The number of aromatic nitrogens is 1. The van der Waals surface area contributed by atoms with Crippen LogP contribution in [0, 0.1) is 18.8 Å². The van der Waals surface area contributed by atoms with E-state index in [-0.39, 0.29) is 0 Å². The summed E-state index contributed by atoms with van der Waals surface area (Å²) in [7, 11) is 0. The van der Waals surface area contributed by atoms with Gasteiger partial charge >= 0.3 is 0 Å². The van der Waals surface area contributed by atoms with Crippen molar-refractivity contribution < 1.29 is 0 Å². The van der Waals surface area contributed by atoms with Crippen LogP contribution >= 0.6 is 11.6 Å². The van der Waals surface area contributed by atoms with Gasteiger partial charge in [0.25, 0.3) is 0 Å². The van der Waals surface area contributed by atoms with Gasteiger partial charge < -0.3 is 5.32 Å². The van der Waals surface area contributed by atoms with Gasteiger partial charge in [-0.05, 0) is 43.2 Å². The van der Waals surface area contributed by atoms with E-state index in [1.54, 1.807) is 6.20 Å². The molecule has 1 N–H and O–H groups in total. The maximum absolute atomic E-state index is 6.10. The first-order valence-corrected chi connectivity index (χ1v) is 6.89. The Balaban J connectivity index is 1.89. The number of hydrogen-bond acceptors (Lipinski definition) is 2. The Morgan fingerprint density at radius 1 is 1.35 bits per heavy atom. The monoisotopic (exact) mass is 252 g/mol. The van der Waals surface area contributed by atoms with Crippen LogP contribution in [0.2, 0.25) is 5.15 Å². The number of rotatable bonds is 3. The lowest BCUT2D eigenvalue weighted by Gasteiger charge is -2.26. The summed E-state index contributed by atoms with van der Waals surface area (Å²) in [6, 6.07) is 2.00. The zero-order valence-corrected chi connectivity index (χ0v) is 11.4. The van der Waals surface area contributed by atoms with Gasteiger partial charge in [-0.25, -0.2) is 4.98 Å². The van der Waals surface area contributed by atoms with Gasteiger partial charge in [-0.1, -0.05) is 31.4 Å². The minimum Gasteiger partial charge on any atom is -0.382 e. The molecule has 3 heteroatoms. The van der Waals surface area contributed by atoms with Crippen LogP contribution in [0.3, 0.4) is 0 Å². The number of anilines is 1. The predicted molar refractivity (Wildman–Crippen MR) is 73.6 cm³/mol. The van der Waals surface area contributed by atoms with Crippen LogP contribution in [0.4, 0.5) is 5.69 Å². The van der Waals surface area contributed by atoms with Gasteiger partial charge in [0.05, 0.1) is 5.69 Å². The first-order chi connectivity index (χ1) is 8.16. The molecule has 1 saturated carbocycles. The molecule has 0 spiro atoms. The normalized spacial score (nSPS) is 24.6. The highest BCUT2D eigenvalue weighted by molar-refractivity contribution is 6.32. The smallest absolute Gasteiger partial charge is 0.152 e. The van der Waals surface area contributed by atoms with Gasteiger partial charge in [0.15, 0.2) is 5.15 Å². The second kappa shape index (κ2) is 5.72. The summed E-state index contributed by atoms with van der Waals surface area (Å²) in [6.07, 6.45) is 7.17. The first kappa shape index (κ1) is 12.7. The van der Waals surface area contributed by atoms with Crippen LogP contribution in [0.1, 0.15) is 38.2 Å². The summed E-state index contributed by atoms with van der Waals surface area (Å²) in [6.45, 7) is 5.45. The van der Waals surface area contributed by atoms with Crippen LogP contribution in [0.15, 0.2) is 12.3 Å². The van der Waals surface area contributed by atoms with Gasteiger partial charge in [0.1, 0.15) is 0 Å². The molecular weight excluding hydrogens is 232 g/mol. The molecule has 1 heterocycles. The van der Waals surface area contributed by atoms with Gasteiger partial charge in [0, 0.05) is 12.7 Å². The summed E-state index contributed by atoms with van der Waals surface area (Å²) in [5.41, 5.74) is 2.18. The Bertz CT molecular complexity index is 350. The van der Waals surface area contributed by atoms with Gasteiger partial charge in [-0.2, -0.15) is 0 Å². The number of nitrogens with one attached hydrogen (secondary N) is 1. The van der Waals surface area contributed by atoms with E-state index >= 15 is 0 Å². The quantitative estimate of drug-likeness (QED) is 0.813. The van der Waals surface area contributed by atoms with Crippen molar-refractivity contribution in [1.29, 1.82) is 0 Å². The molecule has 1 fully saturated rings. The molecule has 17 heavy (non-hydrogen) atoms. The zero-order chi connectivity index (χ0) is 12.3. The van der Waals surface area contributed by atoms with Crippen LogP contribution in [-0.2, 0) is 0 Å². The van der Waals surface area contributed by atoms with Crippen molar-refractivity contribution in [3.63, 3.8) is 0 Å². The molecule has 0 bridgehead atoms. The fraction of sp³-hybridized carbons (Fsp3) is 0.643. The standard InChI is InChI=1S/C14H21ClN2/c1-10-3-5-12(6-4-10)9-17-13-11(2)7-8-16-14(13)15/h7-8,10,12,17H,3-6,9H2,1-2H3. The number of aryl methyl sites for hydroxylation is 1. The fourth-order valence-electron chi connectivity index (χ4n) is 2.52. The van der Waals surface area contributed by atoms with E-state index in [2.05, 4.69) is 24.1 Å². The first-order valence-electron chi connectivity index (χ1n) is 6.51. The molecule has 0 saturated heterocycles. The topological polar surface area (TPSA) is 24.9 Å². The predicted octanol–water partition coefficient (Wildman–Crippen LogP) is 4.28. The molecule has 0 aromatic carbocycles. The van der Waals surface area contributed by atoms with E-state index in [9.17, 15) is 0 Å². The van der Waals surface area contributed by atoms with Crippen LogP contribution in [0.5, 0.6) is 0 Å². The summed E-state index contributed by atoms with van der Waals surface area (Å²) >= 11 is 6.10. The van der Waals surface area contributed by atoms with Crippen molar-refractivity contribution in [2.45, 2.75) is 39.5 Å². The second-order valence-corrected chi connectivity index (χ2v) is 5.66. The lowest BCUT2D eigenvalue weighted by atomic mass is 9.83. The average Bonchev–Trinajstić information content (AvgIpc) is 2.31. The molecule has 2 rings (SSSR count). The number of pyridine rings is 1. The van der Waals surface area contributed by atoms with Gasteiger partial charge in [-0.3, -0.25) is 0 Å². The molecule has 1 aromatic rings. The maximum Gasteiger partial charge on any atom is 0.152 e. The van der Waals surface area contributed by atoms with E-state index in [0.717, 1.165) is 24.1 Å². The third-order valence-corrected chi connectivity index (χ3v) is 4.10. The molecule has 0 aliphatic heterocycles. The highest BCUT2D eigenvalue weighted by Crippen LogP contribution is 2.29. The molecule has 94 valence electrons. The average molecular weight is 253 g/mol. The van der Waals surface area contributed by atoms with E-state index in [1.165, 1.54) is 31.2 Å². The number of hydrogen-bond donors (Lipinski definition) is 1. The van der Waals surface area contributed by atoms with E-state index in [1.807, 2.05) is 6.07 Å². The van der Waals surface area contributed by atoms with Crippen molar-refractivity contribution in [3.8, 4) is 0 Å². The lowest BCUT2D eigenvalue weighted by molar-refractivity contribution is 0.300. The molecule has 1 aliphatic rings. The summed E-state index contributed by atoms with van der Waals surface area (Å²) in [5.74, 6) is 1.71. The highest BCUT2D eigenvalue weighted by Gasteiger charge is 2.18. The summed E-state index contributed by atoms with van der Waals surface area (Å²) < 4.78 is 0. The Kier molecular flexibility index (Phi) is 4.27. The molecular formula is C14H21ClN2. The fourth-order valence-corrected chi connectivity index (χ4v) is 2.79. The molecule has 0 atom stereocenters. The second-order valence-electron chi connectivity index (χ2n) is 5.30. The van der Waals surface area contributed by atoms with Crippen molar-refractivity contribution in [2.24, 2.45) is 11.8 Å². The zero-order valence-electron chi connectivity index (χ0n) is 10.7. The van der Waals surface area contributed by atoms with Crippen molar-refractivity contribution in [2.75, 3.05) is 11.9 Å². The molecule has 0 unspecified atom stereocenters. The Morgan fingerprint density at radius 3 is 2.71 bits per heavy atom. The third kappa shape index (κ3) is 3.35. The van der Waals surface area contributed by atoms with Gasteiger partial charge in [0.2, 0.25) is 0 Å². The molecule has 0 amide bonds. The largest absolute Gasteiger partial charge is 0.382 e. The SMILES string of the molecule is Cc1ccnc(Cl)c1NCC1CCC(C)CC1. The van der Waals surface area contributed by atoms with Crippen LogP contribution < -0.4 is 5.32 Å². The lowest BCUT2D eigenvalue weighted by Crippen LogP contribution is -2.20. The molecule has 1 aliphatic carbocycles. The van der Waals surface area contributed by atoms with Crippen LogP contribution in [0.25, 0.3) is 0 Å². The van der Waals surface area contributed by atoms with E-state index < -0.39 is 0 Å². The van der Waals surface area contributed by atoms with Gasteiger partial charge in [-0.15, -0.1) is 0 Å². The van der Waals surface area contributed by atoms with Crippen molar-refractivity contribution >= 4 is 17.3 Å². The minimum atomic E-state index is 0.592. The highest BCUT2D eigenvalue weighted by atomic mass is 35.5. The summed E-state index contributed by atoms with van der Waals surface area (Å²) in [5, 5.41) is 4.06.